The molecule has 82 valence electrons. The number of halogens is 1. The molecule has 2 atom stereocenters. The molecule has 0 aromatic heterocycles. The maximum atomic E-state index is 5.49. The Labute approximate surface area is 102 Å². The van der Waals surface area contributed by atoms with Crippen molar-refractivity contribution in [3.05, 3.63) is 23.3 Å². The zero-order valence-electron chi connectivity index (χ0n) is 9.80. The van der Waals surface area contributed by atoms with Crippen molar-refractivity contribution in [2.24, 2.45) is 5.92 Å². The van der Waals surface area contributed by atoms with E-state index in [1.807, 2.05) is 0 Å². The Morgan fingerprint density at radius 2 is 2.00 bits per heavy atom. The van der Waals surface area contributed by atoms with Gasteiger partial charge in [0.1, 0.15) is 0 Å². The standard InChI is InChI=1S/C12H21IO/c1-6-10(3)12(14-5)11(4)7-9(2)8-13/h6-7,11-12H,8H2,1-5H3/b9-7+,10-6+/t11-,12+/m1/s1. The molecule has 0 saturated heterocycles. The molecule has 0 rings (SSSR count). The highest BCUT2D eigenvalue weighted by atomic mass is 127. The lowest BCUT2D eigenvalue weighted by Crippen LogP contribution is -2.20. The lowest BCUT2D eigenvalue weighted by molar-refractivity contribution is 0.103. The fourth-order valence-electron chi connectivity index (χ4n) is 1.56. The van der Waals surface area contributed by atoms with E-state index in [0.29, 0.717) is 5.92 Å². The van der Waals surface area contributed by atoms with Crippen LogP contribution in [-0.2, 0) is 4.74 Å². The van der Waals surface area contributed by atoms with Crippen molar-refractivity contribution in [1.82, 2.24) is 0 Å². The largest absolute Gasteiger partial charge is 0.377 e. The summed E-state index contributed by atoms with van der Waals surface area (Å²) >= 11 is 2.39. The molecule has 0 aliphatic heterocycles. The van der Waals surface area contributed by atoms with Gasteiger partial charge < -0.3 is 4.74 Å². The minimum absolute atomic E-state index is 0.220. The van der Waals surface area contributed by atoms with Crippen molar-refractivity contribution in [3.63, 3.8) is 0 Å². The van der Waals surface area contributed by atoms with Crippen molar-refractivity contribution in [1.29, 1.82) is 0 Å². The molecule has 14 heavy (non-hydrogen) atoms. The Balaban J connectivity index is 4.55. The molecular formula is C12H21IO. The van der Waals surface area contributed by atoms with E-state index in [2.05, 4.69) is 62.4 Å². The fourth-order valence-corrected chi connectivity index (χ4v) is 1.81. The molecule has 0 saturated carbocycles. The van der Waals surface area contributed by atoms with Crippen molar-refractivity contribution in [2.45, 2.75) is 33.8 Å². The summed E-state index contributed by atoms with van der Waals surface area (Å²) in [5, 5.41) is 0. The monoisotopic (exact) mass is 308 g/mol. The van der Waals surface area contributed by atoms with Gasteiger partial charge in [0.2, 0.25) is 0 Å². The first-order chi connectivity index (χ1) is 6.56. The van der Waals surface area contributed by atoms with Gasteiger partial charge in [-0.1, -0.05) is 47.2 Å². The van der Waals surface area contributed by atoms with Gasteiger partial charge in [-0.25, -0.2) is 0 Å². The summed E-state index contributed by atoms with van der Waals surface area (Å²) in [6.45, 7) is 8.55. The Morgan fingerprint density at radius 3 is 2.36 bits per heavy atom. The maximum absolute atomic E-state index is 5.49. The van der Waals surface area contributed by atoms with Gasteiger partial charge >= 0.3 is 0 Å². The quantitative estimate of drug-likeness (QED) is 0.424. The Morgan fingerprint density at radius 1 is 1.43 bits per heavy atom. The molecule has 0 aliphatic carbocycles. The Bertz CT molecular complexity index is 218. The molecule has 1 nitrogen and oxygen atoms in total. The predicted octanol–water partition coefficient (Wildman–Crippen LogP) is 3.99. The van der Waals surface area contributed by atoms with Gasteiger partial charge in [0.15, 0.2) is 0 Å². The van der Waals surface area contributed by atoms with Crippen molar-refractivity contribution >= 4 is 22.6 Å². The fraction of sp³-hybridized carbons (Fsp3) is 0.667. The number of methoxy groups -OCH3 is 1. The van der Waals surface area contributed by atoms with Gasteiger partial charge in [-0.15, -0.1) is 0 Å². The van der Waals surface area contributed by atoms with Gasteiger partial charge in [0.05, 0.1) is 6.10 Å². The van der Waals surface area contributed by atoms with Gasteiger partial charge in [0.25, 0.3) is 0 Å². The van der Waals surface area contributed by atoms with E-state index < -0.39 is 0 Å². The van der Waals surface area contributed by atoms with Crippen molar-refractivity contribution in [3.8, 4) is 0 Å². The van der Waals surface area contributed by atoms with Crippen molar-refractivity contribution < 1.29 is 4.74 Å². The van der Waals surface area contributed by atoms with E-state index in [-0.39, 0.29) is 6.10 Å². The van der Waals surface area contributed by atoms with E-state index in [9.17, 15) is 0 Å². The molecule has 0 heterocycles. The third kappa shape index (κ3) is 4.60. The van der Waals surface area contributed by atoms with Crippen LogP contribution in [0.25, 0.3) is 0 Å². The summed E-state index contributed by atoms with van der Waals surface area (Å²) in [5.41, 5.74) is 2.72. The molecule has 0 radical (unpaired) electrons. The summed E-state index contributed by atoms with van der Waals surface area (Å²) in [5.74, 6) is 0.450. The number of ether oxygens (including phenoxy) is 1. The third-order valence-corrected chi connectivity index (χ3v) is 3.60. The number of hydrogen-bond acceptors (Lipinski definition) is 1. The van der Waals surface area contributed by atoms with Crippen LogP contribution in [0.1, 0.15) is 27.7 Å². The summed E-state index contributed by atoms with van der Waals surface area (Å²) < 4.78 is 6.59. The third-order valence-electron chi connectivity index (χ3n) is 2.39. The first kappa shape index (κ1) is 14.2. The first-order valence-electron chi connectivity index (χ1n) is 4.95. The van der Waals surface area contributed by atoms with Gasteiger partial charge in [-0.2, -0.15) is 0 Å². The van der Waals surface area contributed by atoms with E-state index in [0.717, 1.165) is 4.43 Å². The van der Waals surface area contributed by atoms with E-state index in [1.54, 1.807) is 7.11 Å². The van der Waals surface area contributed by atoms with Crippen LogP contribution in [0.2, 0.25) is 0 Å². The predicted molar refractivity (Wildman–Crippen MR) is 72.0 cm³/mol. The van der Waals surface area contributed by atoms with Crippen LogP contribution in [0.15, 0.2) is 23.3 Å². The topological polar surface area (TPSA) is 9.23 Å². The summed E-state index contributed by atoms with van der Waals surface area (Å²) in [6.07, 6.45) is 4.64. The average molecular weight is 308 g/mol. The van der Waals surface area contributed by atoms with Crippen LogP contribution in [0, 0.1) is 5.92 Å². The zero-order chi connectivity index (χ0) is 11.1. The maximum Gasteiger partial charge on any atom is 0.0838 e. The molecule has 2 heteroatoms. The van der Waals surface area contributed by atoms with Crippen LogP contribution < -0.4 is 0 Å². The number of rotatable bonds is 5. The van der Waals surface area contributed by atoms with Gasteiger partial charge in [-0.3, -0.25) is 0 Å². The van der Waals surface area contributed by atoms with Crippen LogP contribution in [0.3, 0.4) is 0 Å². The van der Waals surface area contributed by atoms with E-state index in [1.165, 1.54) is 11.1 Å². The van der Waals surface area contributed by atoms with Crippen LogP contribution in [-0.4, -0.2) is 17.6 Å². The molecule has 0 aliphatic rings. The molecular weight excluding hydrogens is 287 g/mol. The highest BCUT2D eigenvalue weighted by Crippen LogP contribution is 2.18. The smallest absolute Gasteiger partial charge is 0.0838 e. The highest BCUT2D eigenvalue weighted by Gasteiger charge is 2.15. The van der Waals surface area contributed by atoms with Gasteiger partial charge in [-0.05, 0) is 26.3 Å². The van der Waals surface area contributed by atoms with E-state index in [4.69, 9.17) is 4.74 Å². The molecule has 0 spiro atoms. The molecule has 0 unspecified atom stereocenters. The Hall–Kier alpha value is 0.170. The minimum Gasteiger partial charge on any atom is -0.377 e. The molecule has 0 bridgehead atoms. The second kappa shape index (κ2) is 7.46. The van der Waals surface area contributed by atoms with Crippen LogP contribution >= 0.6 is 22.6 Å². The van der Waals surface area contributed by atoms with Crippen molar-refractivity contribution in [2.75, 3.05) is 11.5 Å². The normalized spacial score (nSPS) is 18.1. The van der Waals surface area contributed by atoms with Crippen LogP contribution in [0.5, 0.6) is 0 Å². The zero-order valence-corrected chi connectivity index (χ0v) is 12.0. The minimum atomic E-state index is 0.220. The Kier molecular flexibility index (Phi) is 7.55. The summed E-state index contributed by atoms with van der Waals surface area (Å²) in [6, 6.07) is 0. The number of hydrogen-bond donors (Lipinski definition) is 0. The molecule has 0 fully saturated rings. The highest BCUT2D eigenvalue weighted by molar-refractivity contribution is 14.1. The average Bonchev–Trinajstić information content (AvgIpc) is 2.18. The van der Waals surface area contributed by atoms with Gasteiger partial charge in [0, 0.05) is 17.5 Å². The second-order valence-electron chi connectivity index (χ2n) is 3.69. The van der Waals surface area contributed by atoms with Crippen LogP contribution in [0.4, 0.5) is 0 Å². The SMILES string of the molecule is C/C=C(\C)[C@H](OC)[C@H](C)/C=C(\C)CI. The lowest BCUT2D eigenvalue weighted by atomic mass is 9.96. The first-order valence-corrected chi connectivity index (χ1v) is 6.48. The second-order valence-corrected chi connectivity index (χ2v) is 4.46. The lowest BCUT2D eigenvalue weighted by Gasteiger charge is -2.21. The molecule has 0 aromatic rings. The molecule has 0 N–H and O–H groups in total. The summed E-state index contributed by atoms with van der Waals surface area (Å²) in [4.78, 5) is 0. The van der Waals surface area contributed by atoms with E-state index >= 15 is 0 Å². The molecule has 0 aromatic carbocycles. The molecule has 0 amide bonds. The number of alkyl halides is 1. The summed E-state index contributed by atoms with van der Waals surface area (Å²) in [7, 11) is 1.78. The number of allylic oxidation sites excluding steroid dienone is 2.